The quantitative estimate of drug-likeness (QED) is 0.586. The van der Waals surface area contributed by atoms with Gasteiger partial charge in [0.15, 0.2) is 0 Å². The number of amides is 1. The van der Waals surface area contributed by atoms with Gasteiger partial charge < -0.3 is 9.73 Å². The highest BCUT2D eigenvalue weighted by Crippen LogP contribution is 2.25. The van der Waals surface area contributed by atoms with Crippen LogP contribution in [0.1, 0.15) is 11.1 Å². The van der Waals surface area contributed by atoms with Crippen molar-refractivity contribution in [3.8, 4) is 0 Å². The molecular weight excluding hydrogens is 296 g/mol. The lowest BCUT2D eigenvalue weighted by Crippen LogP contribution is -2.15. The van der Waals surface area contributed by atoms with Crippen molar-refractivity contribution >= 4 is 28.3 Å². The van der Waals surface area contributed by atoms with Gasteiger partial charge in [0.1, 0.15) is 11.3 Å². The molecule has 0 saturated heterocycles. The van der Waals surface area contributed by atoms with Gasteiger partial charge in [-0.05, 0) is 25.1 Å². The van der Waals surface area contributed by atoms with E-state index in [1.165, 1.54) is 12.1 Å². The summed E-state index contributed by atoms with van der Waals surface area (Å²) < 4.78 is 5.43. The number of furan rings is 1. The molecule has 6 heteroatoms. The summed E-state index contributed by atoms with van der Waals surface area (Å²) in [6.45, 7) is 1.96. The molecule has 6 nitrogen and oxygen atoms in total. The van der Waals surface area contributed by atoms with Crippen LogP contribution in [0.5, 0.6) is 0 Å². The van der Waals surface area contributed by atoms with Crippen LogP contribution in [0.4, 0.5) is 11.4 Å². The third-order valence-corrected chi connectivity index (χ3v) is 3.54. The number of carbonyl (C=O) groups is 1. The molecule has 1 N–H and O–H groups in total. The zero-order valence-corrected chi connectivity index (χ0v) is 12.4. The van der Waals surface area contributed by atoms with Crippen molar-refractivity contribution in [1.29, 1.82) is 0 Å². The van der Waals surface area contributed by atoms with Gasteiger partial charge in [-0.2, -0.15) is 0 Å². The number of para-hydroxylation sites is 2. The maximum Gasteiger partial charge on any atom is 0.292 e. The van der Waals surface area contributed by atoms with Gasteiger partial charge in [-0.25, -0.2) is 0 Å². The molecule has 2 aromatic carbocycles. The second-order valence-corrected chi connectivity index (χ2v) is 5.26. The first-order valence-corrected chi connectivity index (χ1v) is 7.04. The Kier molecular flexibility index (Phi) is 3.80. The number of nitro benzene ring substituents is 1. The summed E-state index contributed by atoms with van der Waals surface area (Å²) in [5.41, 5.74) is 2.59. The number of hydrogen-bond donors (Lipinski definition) is 1. The van der Waals surface area contributed by atoms with Gasteiger partial charge in [0, 0.05) is 17.0 Å². The Morgan fingerprint density at radius 1 is 1.26 bits per heavy atom. The summed E-state index contributed by atoms with van der Waals surface area (Å²) in [5.74, 6) is -0.330. The largest absolute Gasteiger partial charge is 0.464 e. The molecule has 0 radical (unpaired) electrons. The van der Waals surface area contributed by atoms with E-state index in [0.29, 0.717) is 5.58 Å². The number of nitrogens with one attached hydrogen (secondary N) is 1. The van der Waals surface area contributed by atoms with Crippen LogP contribution in [0.25, 0.3) is 11.0 Å². The molecule has 0 aliphatic rings. The van der Waals surface area contributed by atoms with Gasteiger partial charge in [-0.3, -0.25) is 14.9 Å². The molecule has 0 atom stereocenters. The third kappa shape index (κ3) is 3.06. The highest BCUT2D eigenvalue weighted by Gasteiger charge is 2.16. The lowest BCUT2D eigenvalue weighted by Gasteiger charge is -2.05. The van der Waals surface area contributed by atoms with Crippen LogP contribution < -0.4 is 5.32 Å². The maximum absolute atomic E-state index is 12.2. The van der Waals surface area contributed by atoms with Crippen LogP contribution in [0, 0.1) is 17.0 Å². The van der Waals surface area contributed by atoms with E-state index in [-0.39, 0.29) is 23.7 Å². The van der Waals surface area contributed by atoms with Gasteiger partial charge >= 0.3 is 0 Å². The van der Waals surface area contributed by atoms with Crippen molar-refractivity contribution in [2.75, 3.05) is 5.32 Å². The van der Waals surface area contributed by atoms with Crippen molar-refractivity contribution in [1.82, 2.24) is 0 Å². The lowest BCUT2D eigenvalue weighted by molar-refractivity contribution is -0.383. The number of carbonyl (C=O) groups excluding carboxylic acids is 1. The Hall–Kier alpha value is -3.15. The van der Waals surface area contributed by atoms with E-state index in [1.807, 2.05) is 25.1 Å². The zero-order valence-electron chi connectivity index (χ0n) is 12.4. The predicted octanol–water partition coefficient (Wildman–Crippen LogP) is 3.83. The number of benzene rings is 2. The predicted molar refractivity (Wildman–Crippen MR) is 86.4 cm³/mol. The van der Waals surface area contributed by atoms with Crippen LogP contribution in [0.2, 0.25) is 0 Å². The van der Waals surface area contributed by atoms with Crippen LogP contribution in [-0.4, -0.2) is 10.8 Å². The van der Waals surface area contributed by atoms with Crippen molar-refractivity contribution in [2.45, 2.75) is 13.3 Å². The average molecular weight is 310 g/mol. The fourth-order valence-corrected chi connectivity index (χ4v) is 2.44. The Morgan fingerprint density at radius 2 is 2.04 bits per heavy atom. The first-order valence-electron chi connectivity index (χ1n) is 7.04. The Bertz CT molecular complexity index is 898. The second-order valence-electron chi connectivity index (χ2n) is 5.26. The van der Waals surface area contributed by atoms with Crippen LogP contribution in [0.15, 0.2) is 53.1 Å². The minimum absolute atomic E-state index is 0.0858. The van der Waals surface area contributed by atoms with Crippen molar-refractivity contribution in [2.24, 2.45) is 0 Å². The highest BCUT2D eigenvalue weighted by atomic mass is 16.6. The van der Waals surface area contributed by atoms with Crippen molar-refractivity contribution in [3.05, 3.63) is 70.0 Å². The number of nitrogens with zero attached hydrogens (tertiary/aromatic N) is 1. The third-order valence-electron chi connectivity index (χ3n) is 3.54. The number of fused-ring (bicyclic) bond motifs is 1. The highest BCUT2D eigenvalue weighted by molar-refractivity contribution is 5.96. The monoisotopic (exact) mass is 310 g/mol. The molecule has 0 saturated carbocycles. The topological polar surface area (TPSA) is 85.4 Å². The van der Waals surface area contributed by atoms with Gasteiger partial charge in [0.2, 0.25) is 5.91 Å². The Morgan fingerprint density at radius 3 is 2.83 bits per heavy atom. The first-order chi connectivity index (χ1) is 11.0. The van der Waals surface area contributed by atoms with E-state index in [0.717, 1.165) is 16.5 Å². The SMILES string of the molecule is Cc1ccc2occ(CC(=O)Nc3ccccc3[N+](=O)[O-])c2c1. The normalized spacial score (nSPS) is 10.7. The zero-order chi connectivity index (χ0) is 16.4. The smallest absolute Gasteiger partial charge is 0.292 e. The number of rotatable bonds is 4. The number of anilines is 1. The maximum atomic E-state index is 12.2. The summed E-state index contributed by atoms with van der Waals surface area (Å²) >= 11 is 0. The molecule has 23 heavy (non-hydrogen) atoms. The van der Waals surface area contributed by atoms with Crippen LogP contribution in [0.3, 0.4) is 0 Å². The van der Waals surface area contributed by atoms with E-state index in [9.17, 15) is 14.9 Å². The molecule has 1 heterocycles. The average Bonchev–Trinajstić information content (AvgIpc) is 2.90. The Balaban J connectivity index is 1.82. The fraction of sp³-hybridized carbons (Fsp3) is 0.118. The molecular formula is C17H14N2O4. The first kappa shape index (κ1) is 14.8. The molecule has 0 bridgehead atoms. The molecule has 0 unspecified atom stereocenters. The summed E-state index contributed by atoms with van der Waals surface area (Å²) in [4.78, 5) is 22.7. The van der Waals surface area contributed by atoms with Gasteiger partial charge in [-0.15, -0.1) is 0 Å². The van der Waals surface area contributed by atoms with Gasteiger partial charge in [0.05, 0.1) is 17.6 Å². The number of nitro groups is 1. The van der Waals surface area contributed by atoms with E-state index in [4.69, 9.17) is 4.42 Å². The second kappa shape index (κ2) is 5.92. The molecule has 3 aromatic rings. The number of aryl methyl sites for hydroxylation is 1. The van der Waals surface area contributed by atoms with Gasteiger partial charge in [0.25, 0.3) is 5.69 Å². The van der Waals surface area contributed by atoms with Crippen LogP contribution in [-0.2, 0) is 11.2 Å². The fourth-order valence-electron chi connectivity index (χ4n) is 2.44. The molecule has 1 aromatic heterocycles. The number of hydrogen-bond acceptors (Lipinski definition) is 4. The van der Waals surface area contributed by atoms with Crippen molar-refractivity contribution in [3.63, 3.8) is 0 Å². The summed E-state index contributed by atoms with van der Waals surface area (Å²) in [7, 11) is 0. The summed E-state index contributed by atoms with van der Waals surface area (Å²) in [6.07, 6.45) is 1.63. The minimum Gasteiger partial charge on any atom is -0.464 e. The molecule has 0 aliphatic heterocycles. The van der Waals surface area contributed by atoms with E-state index in [1.54, 1.807) is 18.4 Å². The molecule has 116 valence electrons. The molecule has 3 rings (SSSR count). The molecule has 1 amide bonds. The summed E-state index contributed by atoms with van der Waals surface area (Å²) in [6, 6.07) is 11.8. The summed E-state index contributed by atoms with van der Waals surface area (Å²) in [5, 5.41) is 14.4. The van der Waals surface area contributed by atoms with E-state index >= 15 is 0 Å². The molecule has 0 aliphatic carbocycles. The molecule has 0 spiro atoms. The minimum atomic E-state index is -0.522. The van der Waals surface area contributed by atoms with Gasteiger partial charge in [-0.1, -0.05) is 23.8 Å². The lowest BCUT2D eigenvalue weighted by atomic mass is 10.1. The van der Waals surface area contributed by atoms with E-state index in [2.05, 4.69) is 5.32 Å². The van der Waals surface area contributed by atoms with Crippen molar-refractivity contribution < 1.29 is 14.1 Å². The van der Waals surface area contributed by atoms with Crippen LogP contribution >= 0.6 is 0 Å². The van der Waals surface area contributed by atoms with E-state index < -0.39 is 4.92 Å². The Labute approximate surface area is 131 Å². The molecule has 0 fully saturated rings. The standard InChI is InChI=1S/C17H14N2O4/c1-11-6-7-16-13(8-11)12(10-23-16)9-17(20)18-14-4-2-3-5-15(14)19(21)22/h2-8,10H,9H2,1H3,(H,18,20).